The van der Waals surface area contributed by atoms with Gasteiger partial charge in [-0.1, -0.05) is 6.92 Å². The summed E-state index contributed by atoms with van der Waals surface area (Å²) in [4.78, 5) is 15.5. The minimum Gasteiger partial charge on any atom is -0.355 e. The Kier molecular flexibility index (Phi) is 5.43. The number of halogens is 1. The Morgan fingerprint density at radius 2 is 2.17 bits per heavy atom. The van der Waals surface area contributed by atoms with Crippen molar-refractivity contribution in [2.75, 3.05) is 7.05 Å². The van der Waals surface area contributed by atoms with Crippen LogP contribution in [0.15, 0.2) is 36.0 Å². The molecule has 122 valence electrons. The highest BCUT2D eigenvalue weighted by molar-refractivity contribution is 5.98. The monoisotopic (exact) mass is 323 g/mol. The lowest BCUT2D eigenvalue weighted by Crippen LogP contribution is -2.19. The first-order valence-corrected chi connectivity index (χ1v) is 7.59. The SMILES string of the molecule is CC/C(=C\c1cc(C#N)cc(-c2ccnc(F)c2)c1C)C(=O)NC. The molecule has 1 amide bonds. The number of pyridine rings is 1. The highest BCUT2D eigenvalue weighted by atomic mass is 19.1. The van der Waals surface area contributed by atoms with Crippen LogP contribution in [-0.2, 0) is 4.79 Å². The van der Waals surface area contributed by atoms with Crippen molar-refractivity contribution >= 4 is 12.0 Å². The van der Waals surface area contributed by atoms with Crippen LogP contribution in [0.1, 0.15) is 30.0 Å². The largest absolute Gasteiger partial charge is 0.355 e. The summed E-state index contributed by atoms with van der Waals surface area (Å²) in [7, 11) is 1.58. The minimum absolute atomic E-state index is 0.157. The molecule has 0 bridgehead atoms. The Morgan fingerprint density at radius 1 is 1.42 bits per heavy atom. The van der Waals surface area contributed by atoms with Crippen LogP contribution < -0.4 is 5.32 Å². The molecule has 0 saturated carbocycles. The van der Waals surface area contributed by atoms with Crippen LogP contribution >= 0.6 is 0 Å². The maximum Gasteiger partial charge on any atom is 0.246 e. The average Bonchev–Trinajstić information content (AvgIpc) is 2.60. The van der Waals surface area contributed by atoms with E-state index >= 15 is 0 Å². The third-order valence-corrected chi connectivity index (χ3v) is 3.84. The smallest absolute Gasteiger partial charge is 0.246 e. The zero-order valence-electron chi connectivity index (χ0n) is 13.9. The molecular formula is C19H18FN3O. The molecule has 0 unspecified atom stereocenters. The molecule has 5 heteroatoms. The van der Waals surface area contributed by atoms with Crippen LogP contribution in [0.25, 0.3) is 17.2 Å². The van der Waals surface area contributed by atoms with Crippen LogP contribution in [0, 0.1) is 24.2 Å². The Bertz CT molecular complexity index is 850. The van der Waals surface area contributed by atoms with Gasteiger partial charge in [0.05, 0.1) is 11.6 Å². The lowest BCUT2D eigenvalue weighted by Gasteiger charge is -2.12. The summed E-state index contributed by atoms with van der Waals surface area (Å²) in [6.07, 6.45) is 3.73. The summed E-state index contributed by atoms with van der Waals surface area (Å²) in [5, 5.41) is 11.9. The van der Waals surface area contributed by atoms with Crippen molar-refractivity contribution in [3.63, 3.8) is 0 Å². The molecule has 0 atom stereocenters. The van der Waals surface area contributed by atoms with E-state index in [-0.39, 0.29) is 5.91 Å². The van der Waals surface area contributed by atoms with Gasteiger partial charge in [-0.3, -0.25) is 4.79 Å². The normalized spacial score (nSPS) is 11.0. The molecule has 0 fully saturated rings. The van der Waals surface area contributed by atoms with E-state index in [1.807, 2.05) is 13.8 Å². The summed E-state index contributed by atoms with van der Waals surface area (Å²) < 4.78 is 13.4. The summed E-state index contributed by atoms with van der Waals surface area (Å²) in [5.41, 5.74) is 4.09. The number of benzene rings is 1. The fourth-order valence-electron chi connectivity index (χ4n) is 2.50. The van der Waals surface area contributed by atoms with Crippen LogP contribution in [0.3, 0.4) is 0 Å². The first kappa shape index (κ1) is 17.4. The number of nitrogens with zero attached hydrogens (tertiary/aromatic N) is 2. The standard InChI is InChI=1S/C19H18FN3O/c1-4-14(19(24)22-3)9-16-7-13(11-21)8-17(12(16)2)15-5-6-23-18(20)10-15/h5-10H,4H2,1-3H3,(H,22,24)/b14-9+. The maximum absolute atomic E-state index is 13.4. The van der Waals surface area contributed by atoms with E-state index in [1.54, 1.807) is 31.3 Å². The quantitative estimate of drug-likeness (QED) is 0.690. The first-order chi connectivity index (χ1) is 11.5. The summed E-state index contributed by atoms with van der Waals surface area (Å²) in [6.45, 7) is 3.78. The molecule has 1 aromatic carbocycles. The van der Waals surface area contributed by atoms with Crippen LogP contribution in [0.2, 0.25) is 0 Å². The van der Waals surface area contributed by atoms with Crippen molar-refractivity contribution in [1.29, 1.82) is 5.26 Å². The molecule has 0 spiro atoms. The second kappa shape index (κ2) is 7.51. The number of aromatic nitrogens is 1. The lowest BCUT2D eigenvalue weighted by atomic mass is 9.93. The number of hydrogen-bond acceptors (Lipinski definition) is 3. The zero-order chi connectivity index (χ0) is 17.7. The first-order valence-electron chi connectivity index (χ1n) is 7.59. The van der Waals surface area contributed by atoms with Gasteiger partial charge in [-0.05, 0) is 59.9 Å². The molecular weight excluding hydrogens is 305 g/mol. The topological polar surface area (TPSA) is 65.8 Å². The molecule has 1 aromatic heterocycles. The van der Waals surface area contributed by atoms with Gasteiger partial charge < -0.3 is 5.32 Å². The summed E-state index contributed by atoms with van der Waals surface area (Å²) in [6, 6.07) is 8.58. The summed E-state index contributed by atoms with van der Waals surface area (Å²) >= 11 is 0. The average molecular weight is 323 g/mol. The number of likely N-dealkylation sites (N-methyl/N-ethyl adjacent to an activating group) is 1. The van der Waals surface area contributed by atoms with E-state index in [9.17, 15) is 14.4 Å². The van der Waals surface area contributed by atoms with E-state index in [2.05, 4.69) is 16.4 Å². The van der Waals surface area contributed by atoms with E-state index in [0.29, 0.717) is 23.1 Å². The second-order valence-corrected chi connectivity index (χ2v) is 5.32. The lowest BCUT2D eigenvalue weighted by molar-refractivity contribution is -0.117. The van der Waals surface area contributed by atoms with Crippen molar-refractivity contribution in [2.24, 2.45) is 0 Å². The summed E-state index contributed by atoms with van der Waals surface area (Å²) in [5.74, 6) is -0.735. The van der Waals surface area contributed by atoms with Crippen LogP contribution in [0.4, 0.5) is 4.39 Å². The minimum atomic E-state index is -0.578. The third kappa shape index (κ3) is 3.66. The van der Waals surface area contributed by atoms with Gasteiger partial charge in [-0.25, -0.2) is 4.98 Å². The second-order valence-electron chi connectivity index (χ2n) is 5.32. The van der Waals surface area contributed by atoms with Crippen molar-refractivity contribution in [1.82, 2.24) is 10.3 Å². The van der Waals surface area contributed by atoms with Gasteiger partial charge in [0.2, 0.25) is 11.9 Å². The number of carbonyl (C=O) groups excluding carboxylic acids is 1. The van der Waals surface area contributed by atoms with Crippen molar-refractivity contribution in [3.8, 4) is 17.2 Å². The predicted molar refractivity (Wildman–Crippen MR) is 91.4 cm³/mol. The Balaban J connectivity index is 2.66. The third-order valence-electron chi connectivity index (χ3n) is 3.84. The van der Waals surface area contributed by atoms with E-state index in [1.165, 1.54) is 12.3 Å². The van der Waals surface area contributed by atoms with Gasteiger partial charge >= 0.3 is 0 Å². The Morgan fingerprint density at radius 3 is 2.75 bits per heavy atom. The Hall–Kier alpha value is -3.00. The molecule has 0 radical (unpaired) electrons. The molecule has 0 aliphatic rings. The fourth-order valence-corrected chi connectivity index (χ4v) is 2.50. The van der Waals surface area contributed by atoms with Gasteiger partial charge in [0.25, 0.3) is 0 Å². The van der Waals surface area contributed by atoms with Gasteiger partial charge in [0, 0.05) is 24.9 Å². The number of hydrogen-bond donors (Lipinski definition) is 1. The molecule has 1 heterocycles. The maximum atomic E-state index is 13.4. The molecule has 1 N–H and O–H groups in total. The zero-order valence-corrected chi connectivity index (χ0v) is 13.9. The molecule has 24 heavy (non-hydrogen) atoms. The molecule has 0 saturated heterocycles. The van der Waals surface area contributed by atoms with Crippen molar-refractivity contribution in [3.05, 3.63) is 58.7 Å². The van der Waals surface area contributed by atoms with Gasteiger partial charge in [0.15, 0.2) is 0 Å². The van der Waals surface area contributed by atoms with Crippen molar-refractivity contribution in [2.45, 2.75) is 20.3 Å². The van der Waals surface area contributed by atoms with Crippen LogP contribution in [0.5, 0.6) is 0 Å². The van der Waals surface area contributed by atoms with E-state index in [4.69, 9.17) is 0 Å². The van der Waals surface area contributed by atoms with Crippen LogP contribution in [-0.4, -0.2) is 17.9 Å². The van der Waals surface area contributed by atoms with E-state index in [0.717, 1.165) is 16.7 Å². The van der Waals surface area contributed by atoms with Gasteiger partial charge in [-0.2, -0.15) is 9.65 Å². The highest BCUT2D eigenvalue weighted by Crippen LogP contribution is 2.29. The fraction of sp³-hybridized carbons (Fsp3) is 0.211. The predicted octanol–water partition coefficient (Wildman–Crippen LogP) is 3.61. The van der Waals surface area contributed by atoms with E-state index < -0.39 is 5.95 Å². The molecule has 2 aromatic rings. The number of amides is 1. The van der Waals surface area contributed by atoms with Gasteiger partial charge in [0.1, 0.15) is 0 Å². The number of nitriles is 1. The Labute approximate surface area is 140 Å². The number of rotatable bonds is 4. The molecule has 0 aliphatic carbocycles. The molecule has 4 nitrogen and oxygen atoms in total. The molecule has 2 rings (SSSR count). The number of carbonyl (C=O) groups is 1. The number of nitrogens with one attached hydrogen (secondary N) is 1. The highest BCUT2D eigenvalue weighted by Gasteiger charge is 2.12. The van der Waals surface area contributed by atoms with Crippen molar-refractivity contribution < 1.29 is 9.18 Å². The van der Waals surface area contributed by atoms with Gasteiger partial charge in [-0.15, -0.1) is 0 Å². The molecule has 0 aliphatic heterocycles.